The number of imide groups is 1. The molecule has 1 aromatic heterocycles. The molecule has 1 spiro atoms. The predicted octanol–water partition coefficient (Wildman–Crippen LogP) is 2.59. The zero-order chi connectivity index (χ0) is 22.8. The Hall–Kier alpha value is -2.99. The van der Waals surface area contributed by atoms with E-state index in [0.29, 0.717) is 17.7 Å². The number of nitrogens with zero attached hydrogens (tertiary/aromatic N) is 3. The molecule has 164 valence electrons. The summed E-state index contributed by atoms with van der Waals surface area (Å²) in [5, 5.41) is 0. The van der Waals surface area contributed by atoms with Gasteiger partial charge in [0.25, 0.3) is 15.7 Å². The molecule has 2 aromatic rings. The van der Waals surface area contributed by atoms with Gasteiger partial charge in [-0.15, -0.1) is 0 Å². The van der Waals surface area contributed by atoms with E-state index in [-0.39, 0.29) is 18.2 Å². The minimum absolute atomic E-state index is 0.0274. The number of pyridine rings is 1. The summed E-state index contributed by atoms with van der Waals surface area (Å²) in [6.07, 6.45) is 3.36. The molecule has 1 saturated heterocycles. The molecule has 2 aliphatic rings. The van der Waals surface area contributed by atoms with Crippen LogP contribution in [0.5, 0.6) is 0 Å². The molecule has 1 aliphatic heterocycles. The standard InChI is InChI=1S/C19H17F3N4O4S/c1-11-8-18(11)16(27)25(17(28)26(18)15-6-7-24-10-12(15)9-23)13-2-4-14(5-3-13)31(29,30)19(20,21)22/h2-7,10-11H,8-9,23H2,1H3. The summed E-state index contributed by atoms with van der Waals surface area (Å²) in [6.45, 7) is 1.89. The van der Waals surface area contributed by atoms with Crippen molar-refractivity contribution in [2.75, 3.05) is 9.80 Å². The van der Waals surface area contributed by atoms with Crippen LogP contribution in [0.1, 0.15) is 18.9 Å². The largest absolute Gasteiger partial charge is 0.501 e. The third kappa shape index (κ3) is 2.92. The molecule has 2 heterocycles. The maximum absolute atomic E-state index is 13.3. The second-order valence-corrected chi connectivity index (χ2v) is 9.38. The Morgan fingerprint density at radius 1 is 1.19 bits per heavy atom. The van der Waals surface area contributed by atoms with Gasteiger partial charge in [0.05, 0.1) is 16.3 Å². The number of carbonyl (C=O) groups excluding carboxylic acids is 2. The Balaban J connectivity index is 1.76. The van der Waals surface area contributed by atoms with Crippen LogP contribution in [0, 0.1) is 5.92 Å². The summed E-state index contributed by atoms with van der Waals surface area (Å²) in [5.74, 6) is -0.686. The first-order valence-electron chi connectivity index (χ1n) is 9.20. The van der Waals surface area contributed by atoms with Crippen LogP contribution in [0.3, 0.4) is 0 Å². The topological polar surface area (TPSA) is 114 Å². The average molecular weight is 454 g/mol. The molecule has 1 aromatic carbocycles. The first-order chi connectivity index (χ1) is 14.5. The Labute approximate surface area is 175 Å². The number of urea groups is 1. The third-order valence-corrected chi connectivity index (χ3v) is 7.18. The summed E-state index contributed by atoms with van der Waals surface area (Å²) < 4.78 is 61.5. The van der Waals surface area contributed by atoms with Crippen molar-refractivity contribution in [1.29, 1.82) is 0 Å². The minimum atomic E-state index is -5.55. The molecule has 1 saturated carbocycles. The van der Waals surface area contributed by atoms with E-state index in [0.717, 1.165) is 29.2 Å². The number of sulfone groups is 1. The van der Waals surface area contributed by atoms with Gasteiger partial charge in [-0.3, -0.25) is 14.7 Å². The lowest BCUT2D eigenvalue weighted by atomic mass is 10.1. The quantitative estimate of drug-likeness (QED) is 0.711. The smallest absolute Gasteiger partial charge is 0.326 e. The van der Waals surface area contributed by atoms with Crippen LogP contribution in [0.4, 0.5) is 29.3 Å². The summed E-state index contributed by atoms with van der Waals surface area (Å²) in [4.78, 5) is 31.8. The van der Waals surface area contributed by atoms with E-state index < -0.39 is 37.7 Å². The Morgan fingerprint density at radius 2 is 1.81 bits per heavy atom. The fourth-order valence-electron chi connectivity index (χ4n) is 3.91. The number of halogens is 3. The van der Waals surface area contributed by atoms with Gasteiger partial charge in [-0.25, -0.2) is 18.1 Å². The fraction of sp³-hybridized carbons (Fsp3) is 0.316. The van der Waals surface area contributed by atoms with Crippen LogP contribution >= 0.6 is 0 Å². The van der Waals surface area contributed by atoms with Gasteiger partial charge in [0, 0.05) is 24.5 Å². The van der Waals surface area contributed by atoms with E-state index >= 15 is 0 Å². The lowest BCUT2D eigenvalue weighted by molar-refractivity contribution is -0.119. The summed E-state index contributed by atoms with van der Waals surface area (Å²) >= 11 is 0. The van der Waals surface area contributed by atoms with E-state index in [1.54, 1.807) is 6.07 Å². The molecular formula is C19H17F3N4O4S. The highest BCUT2D eigenvalue weighted by Gasteiger charge is 2.70. The summed E-state index contributed by atoms with van der Waals surface area (Å²) in [7, 11) is -5.55. The highest BCUT2D eigenvalue weighted by atomic mass is 32.2. The molecular weight excluding hydrogens is 437 g/mol. The lowest BCUT2D eigenvalue weighted by Gasteiger charge is -2.24. The monoisotopic (exact) mass is 454 g/mol. The average Bonchev–Trinajstić information content (AvgIpc) is 3.33. The van der Waals surface area contributed by atoms with Crippen molar-refractivity contribution in [3.63, 3.8) is 0 Å². The first kappa shape index (κ1) is 21.2. The van der Waals surface area contributed by atoms with Crippen LogP contribution in [0.25, 0.3) is 0 Å². The minimum Gasteiger partial charge on any atom is -0.326 e. The molecule has 8 nitrogen and oxygen atoms in total. The summed E-state index contributed by atoms with van der Waals surface area (Å²) in [5.41, 5.74) is 0.123. The van der Waals surface area contributed by atoms with Crippen molar-refractivity contribution in [3.8, 4) is 0 Å². The van der Waals surface area contributed by atoms with Crippen molar-refractivity contribution < 1.29 is 31.2 Å². The fourth-order valence-corrected chi connectivity index (χ4v) is 4.67. The molecule has 12 heteroatoms. The molecule has 3 amide bonds. The van der Waals surface area contributed by atoms with E-state index in [4.69, 9.17) is 5.73 Å². The van der Waals surface area contributed by atoms with E-state index in [1.165, 1.54) is 17.3 Å². The lowest BCUT2D eigenvalue weighted by Crippen LogP contribution is -2.39. The number of anilines is 2. The van der Waals surface area contributed by atoms with Crippen LogP contribution in [0.15, 0.2) is 47.6 Å². The number of aromatic nitrogens is 1. The second-order valence-electron chi connectivity index (χ2n) is 7.44. The number of benzene rings is 1. The number of rotatable bonds is 4. The van der Waals surface area contributed by atoms with Gasteiger partial charge >= 0.3 is 11.5 Å². The molecule has 31 heavy (non-hydrogen) atoms. The van der Waals surface area contributed by atoms with Crippen molar-refractivity contribution in [3.05, 3.63) is 48.3 Å². The first-order valence-corrected chi connectivity index (χ1v) is 10.7. The maximum Gasteiger partial charge on any atom is 0.501 e. The summed E-state index contributed by atoms with van der Waals surface area (Å²) in [6, 6.07) is 4.35. The molecule has 1 aliphatic carbocycles. The second kappa shape index (κ2) is 6.76. The third-order valence-electron chi connectivity index (χ3n) is 5.68. The molecule has 0 radical (unpaired) electrons. The highest BCUT2D eigenvalue weighted by molar-refractivity contribution is 7.92. The number of alkyl halides is 3. The maximum atomic E-state index is 13.3. The van der Waals surface area contributed by atoms with E-state index in [1.807, 2.05) is 6.92 Å². The number of carbonyl (C=O) groups is 2. The zero-order valence-electron chi connectivity index (χ0n) is 16.1. The van der Waals surface area contributed by atoms with Crippen LogP contribution in [-0.2, 0) is 21.2 Å². The van der Waals surface area contributed by atoms with Crippen LogP contribution < -0.4 is 15.5 Å². The van der Waals surface area contributed by atoms with Gasteiger partial charge < -0.3 is 5.73 Å². The molecule has 2 unspecified atom stereocenters. The van der Waals surface area contributed by atoms with Gasteiger partial charge in [-0.2, -0.15) is 13.2 Å². The van der Waals surface area contributed by atoms with Crippen LogP contribution in [-0.4, -0.2) is 36.4 Å². The molecule has 2 fully saturated rings. The Kier molecular flexibility index (Phi) is 4.63. The Bertz CT molecular complexity index is 1180. The van der Waals surface area contributed by atoms with Gasteiger partial charge in [0.2, 0.25) is 0 Å². The molecule has 2 N–H and O–H groups in total. The van der Waals surface area contributed by atoms with Crippen LogP contribution in [0.2, 0.25) is 0 Å². The van der Waals surface area contributed by atoms with Gasteiger partial charge in [0.1, 0.15) is 5.54 Å². The predicted molar refractivity (Wildman–Crippen MR) is 104 cm³/mol. The number of hydrogen-bond donors (Lipinski definition) is 1. The SMILES string of the molecule is CC1CC12C(=O)N(c1ccc(S(=O)(=O)C(F)(F)F)cc1)C(=O)N2c1ccncc1CN. The van der Waals surface area contributed by atoms with Crippen molar-refractivity contribution in [1.82, 2.24) is 4.98 Å². The van der Waals surface area contributed by atoms with E-state index in [2.05, 4.69) is 4.98 Å². The molecule has 0 bridgehead atoms. The van der Waals surface area contributed by atoms with Crippen molar-refractivity contribution >= 4 is 33.2 Å². The Morgan fingerprint density at radius 3 is 2.32 bits per heavy atom. The molecule has 4 rings (SSSR count). The van der Waals surface area contributed by atoms with Gasteiger partial charge in [-0.1, -0.05) is 6.92 Å². The van der Waals surface area contributed by atoms with Crippen molar-refractivity contribution in [2.45, 2.75) is 35.8 Å². The number of amides is 3. The van der Waals surface area contributed by atoms with Crippen molar-refractivity contribution in [2.24, 2.45) is 11.7 Å². The van der Waals surface area contributed by atoms with Gasteiger partial charge in [-0.05, 0) is 42.7 Å². The highest BCUT2D eigenvalue weighted by Crippen LogP contribution is 2.55. The zero-order valence-corrected chi connectivity index (χ0v) is 16.9. The molecule has 2 atom stereocenters. The number of hydrogen-bond acceptors (Lipinski definition) is 6. The number of nitrogens with two attached hydrogens (primary N) is 1. The van der Waals surface area contributed by atoms with Gasteiger partial charge in [0.15, 0.2) is 0 Å². The normalized spacial score (nSPS) is 23.7. The van der Waals surface area contributed by atoms with E-state index in [9.17, 15) is 31.2 Å².